The predicted octanol–water partition coefficient (Wildman–Crippen LogP) is 4.41. The number of benzene rings is 2. The highest BCUT2D eigenvalue weighted by molar-refractivity contribution is 7.80. The van der Waals surface area contributed by atoms with Gasteiger partial charge in [-0.2, -0.15) is 0 Å². The molecular formula is C18H21ClN2O2S. The molecule has 2 aromatic rings. The van der Waals surface area contributed by atoms with Gasteiger partial charge in [0.2, 0.25) is 0 Å². The van der Waals surface area contributed by atoms with Crippen LogP contribution in [0.25, 0.3) is 0 Å². The number of halogens is 1. The molecule has 0 radical (unpaired) electrons. The Morgan fingerprint density at radius 1 is 1.21 bits per heavy atom. The first kappa shape index (κ1) is 18.4. The molecule has 0 saturated carbocycles. The largest absolute Gasteiger partial charge is 0.495 e. The van der Waals surface area contributed by atoms with Gasteiger partial charge in [-0.25, -0.2) is 0 Å². The van der Waals surface area contributed by atoms with E-state index >= 15 is 0 Å². The lowest BCUT2D eigenvalue weighted by Gasteiger charge is -2.18. The van der Waals surface area contributed by atoms with E-state index in [-0.39, 0.29) is 6.04 Å². The van der Waals surface area contributed by atoms with Crippen LogP contribution >= 0.6 is 23.8 Å². The summed E-state index contributed by atoms with van der Waals surface area (Å²) in [5, 5.41) is 7.31. The molecule has 0 spiro atoms. The van der Waals surface area contributed by atoms with E-state index in [0.717, 1.165) is 11.4 Å². The quantitative estimate of drug-likeness (QED) is 0.743. The van der Waals surface area contributed by atoms with Crippen molar-refractivity contribution in [2.45, 2.75) is 19.9 Å². The average Bonchev–Trinajstić information content (AvgIpc) is 2.54. The summed E-state index contributed by atoms with van der Waals surface area (Å²) >= 11 is 11.4. The Labute approximate surface area is 153 Å². The molecule has 4 nitrogen and oxygen atoms in total. The monoisotopic (exact) mass is 364 g/mol. The Bertz CT molecular complexity index is 692. The molecular weight excluding hydrogens is 344 g/mol. The smallest absolute Gasteiger partial charge is 0.171 e. The van der Waals surface area contributed by atoms with E-state index in [1.54, 1.807) is 19.2 Å². The van der Waals surface area contributed by atoms with Crippen molar-refractivity contribution in [3.05, 3.63) is 53.1 Å². The van der Waals surface area contributed by atoms with E-state index in [1.165, 1.54) is 5.56 Å². The zero-order valence-electron chi connectivity index (χ0n) is 13.9. The number of methoxy groups -OCH3 is 1. The lowest BCUT2D eigenvalue weighted by atomic mass is 10.2. The van der Waals surface area contributed by atoms with Crippen molar-refractivity contribution < 1.29 is 9.47 Å². The number of thiocarbonyl (C=S) groups is 1. The predicted molar refractivity (Wildman–Crippen MR) is 103 cm³/mol. The Morgan fingerprint density at radius 3 is 2.54 bits per heavy atom. The van der Waals surface area contributed by atoms with Gasteiger partial charge in [-0.15, -0.1) is 0 Å². The maximum Gasteiger partial charge on any atom is 0.171 e. The van der Waals surface area contributed by atoms with Gasteiger partial charge in [-0.1, -0.05) is 29.3 Å². The van der Waals surface area contributed by atoms with Crippen LogP contribution in [0.5, 0.6) is 11.5 Å². The van der Waals surface area contributed by atoms with Gasteiger partial charge in [-0.3, -0.25) is 0 Å². The number of nitrogens with one attached hydrogen (secondary N) is 2. The molecule has 6 heteroatoms. The molecule has 0 amide bonds. The van der Waals surface area contributed by atoms with Gasteiger partial charge in [0.25, 0.3) is 0 Å². The number of anilines is 1. The Balaban J connectivity index is 1.80. The van der Waals surface area contributed by atoms with E-state index in [1.807, 2.05) is 44.2 Å². The minimum absolute atomic E-state index is 0.0556. The first-order chi connectivity index (χ1) is 11.5. The maximum atomic E-state index is 6.10. The molecule has 128 valence electrons. The second-order valence-electron chi connectivity index (χ2n) is 5.47. The minimum atomic E-state index is 0.0556. The number of ether oxygens (including phenoxy) is 2. The van der Waals surface area contributed by atoms with E-state index in [9.17, 15) is 0 Å². The van der Waals surface area contributed by atoms with Crippen LogP contribution < -0.4 is 20.1 Å². The van der Waals surface area contributed by atoms with Crippen LogP contribution in [0.3, 0.4) is 0 Å². The maximum absolute atomic E-state index is 6.10. The standard InChI is InChI=1S/C18H21ClN2O2S/c1-12-4-7-15(8-5-12)23-11-13(2)20-18(24)21-14-6-9-17(22-3)16(19)10-14/h4-10,13H,11H2,1-3H3,(H2,20,21,24)/t13-/m0/s1. The number of hydrogen-bond donors (Lipinski definition) is 2. The van der Waals surface area contributed by atoms with Gasteiger partial charge in [0.15, 0.2) is 5.11 Å². The summed E-state index contributed by atoms with van der Waals surface area (Å²) in [6.07, 6.45) is 0. The molecule has 0 fully saturated rings. The van der Waals surface area contributed by atoms with Crippen molar-refractivity contribution in [3.63, 3.8) is 0 Å². The summed E-state index contributed by atoms with van der Waals surface area (Å²) in [6, 6.07) is 13.4. The molecule has 2 aromatic carbocycles. The van der Waals surface area contributed by atoms with E-state index in [2.05, 4.69) is 10.6 Å². The fourth-order valence-corrected chi connectivity index (χ4v) is 2.61. The molecule has 0 unspecified atom stereocenters. The highest BCUT2D eigenvalue weighted by atomic mass is 35.5. The van der Waals surface area contributed by atoms with Crippen LogP contribution in [0.15, 0.2) is 42.5 Å². The first-order valence-corrected chi connectivity index (χ1v) is 8.37. The fourth-order valence-electron chi connectivity index (χ4n) is 2.03. The molecule has 0 saturated heterocycles. The SMILES string of the molecule is COc1ccc(NC(=S)N[C@@H](C)COc2ccc(C)cc2)cc1Cl. The van der Waals surface area contributed by atoms with Gasteiger partial charge in [0.1, 0.15) is 18.1 Å². The summed E-state index contributed by atoms with van der Waals surface area (Å²) in [4.78, 5) is 0. The molecule has 0 aliphatic carbocycles. The van der Waals surface area contributed by atoms with Gasteiger partial charge in [0.05, 0.1) is 18.2 Å². The van der Waals surface area contributed by atoms with Crippen molar-refractivity contribution in [1.82, 2.24) is 5.32 Å². The summed E-state index contributed by atoms with van der Waals surface area (Å²) in [7, 11) is 1.58. The number of rotatable bonds is 6. The van der Waals surface area contributed by atoms with E-state index < -0.39 is 0 Å². The molecule has 2 rings (SSSR count). The van der Waals surface area contributed by atoms with Gasteiger partial charge < -0.3 is 20.1 Å². The molecule has 0 aliphatic rings. The highest BCUT2D eigenvalue weighted by Gasteiger charge is 2.07. The molecule has 24 heavy (non-hydrogen) atoms. The van der Waals surface area contributed by atoms with Crippen LogP contribution in [0.2, 0.25) is 5.02 Å². The highest BCUT2D eigenvalue weighted by Crippen LogP contribution is 2.27. The summed E-state index contributed by atoms with van der Waals surface area (Å²) in [5.74, 6) is 1.47. The van der Waals surface area contributed by atoms with Crippen molar-refractivity contribution in [2.75, 3.05) is 19.0 Å². The molecule has 0 aromatic heterocycles. The third-order valence-electron chi connectivity index (χ3n) is 3.31. The Kier molecular flexibility index (Phi) is 6.70. The van der Waals surface area contributed by atoms with Crippen LogP contribution in [0.1, 0.15) is 12.5 Å². The number of aryl methyl sites for hydroxylation is 1. The Hall–Kier alpha value is -1.98. The topological polar surface area (TPSA) is 42.5 Å². The third-order valence-corrected chi connectivity index (χ3v) is 3.82. The van der Waals surface area contributed by atoms with Crippen molar-refractivity contribution in [1.29, 1.82) is 0 Å². The zero-order chi connectivity index (χ0) is 17.5. The average molecular weight is 365 g/mol. The summed E-state index contributed by atoms with van der Waals surface area (Å²) in [6.45, 7) is 4.56. The van der Waals surface area contributed by atoms with E-state index in [0.29, 0.717) is 22.5 Å². The van der Waals surface area contributed by atoms with E-state index in [4.69, 9.17) is 33.3 Å². The summed E-state index contributed by atoms with van der Waals surface area (Å²) < 4.78 is 10.9. The van der Waals surface area contributed by atoms with Crippen molar-refractivity contribution >= 4 is 34.6 Å². The van der Waals surface area contributed by atoms with Crippen LogP contribution in [0.4, 0.5) is 5.69 Å². The summed E-state index contributed by atoms with van der Waals surface area (Å²) in [5.41, 5.74) is 2.00. The minimum Gasteiger partial charge on any atom is -0.495 e. The fraction of sp³-hybridized carbons (Fsp3) is 0.278. The lowest BCUT2D eigenvalue weighted by molar-refractivity contribution is 0.287. The third kappa shape index (κ3) is 5.58. The second kappa shape index (κ2) is 8.76. The van der Waals surface area contributed by atoms with Crippen LogP contribution in [-0.2, 0) is 0 Å². The van der Waals surface area contributed by atoms with Crippen molar-refractivity contribution in [3.8, 4) is 11.5 Å². The molecule has 1 atom stereocenters. The Morgan fingerprint density at radius 2 is 1.92 bits per heavy atom. The van der Waals surface area contributed by atoms with Crippen LogP contribution in [0, 0.1) is 6.92 Å². The lowest BCUT2D eigenvalue weighted by Crippen LogP contribution is -2.39. The zero-order valence-corrected chi connectivity index (χ0v) is 15.5. The van der Waals surface area contributed by atoms with Gasteiger partial charge >= 0.3 is 0 Å². The normalized spacial score (nSPS) is 11.5. The van der Waals surface area contributed by atoms with Gasteiger partial charge in [-0.05, 0) is 56.4 Å². The van der Waals surface area contributed by atoms with Gasteiger partial charge in [0, 0.05) is 5.69 Å². The molecule has 0 heterocycles. The van der Waals surface area contributed by atoms with Crippen molar-refractivity contribution in [2.24, 2.45) is 0 Å². The second-order valence-corrected chi connectivity index (χ2v) is 6.29. The molecule has 0 bridgehead atoms. The molecule has 0 aliphatic heterocycles. The van der Waals surface area contributed by atoms with Crippen LogP contribution in [-0.4, -0.2) is 24.9 Å². The number of hydrogen-bond acceptors (Lipinski definition) is 3. The first-order valence-electron chi connectivity index (χ1n) is 7.58. The molecule has 2 N–H and O–H groups in total.